The van der Waals surface area contributed by atoms with Gasteiger partial charge in [0.2, 0.25) is 11.2 Å². The lowest BCUT2D eigenvalue weighted by Gasteiger charge is -2.27. The first kappa shape index (κ1) is 14.1. The molecular formula is C15H17ClN4O. The summed E-state index contributed by atoms with van der Waals surface area (Å²) in [6, 6.07) is 3.89. The normalized spacial score (nSPS) is 14.1. The summed E-state index contributed by atoms with van der Waals surface area (Å²) in [5.41, 5.74) is 3.20. The number of hydrogen-bond acceptors (Lipinski definition) is 3. The van der Waals surface area contributed by atoms with Gasteiger partial charge in [0.15, 0.2) is 0 Å². The lowest BCUT2D eigenvalue weighted by molar-refractivity contribution is -0.132. The minimum absolute atomic E-state index is 0.176. The first-order valence-electron chi connectivity index (χ1n) is 7.02. The Kier molecular flexibility index (Phi) is 3.92. The highest BCUT2D eigenvalue weighted by molar-refractivity contribution is 6.28. The summed E-state index contributed by atoms with van der Waals surface area (Å²) < 4.78 is 1.86. The van der Waals surface area contributed by atoms with Gasteiger partial charge in [-0.25, -0.2) is 4.98 Å². The molecule has 2 aromatic heterocycles. The number of carbonyl (C=O) groups is 1. The molecular weight excluding hydrogens is 288 g/mol. The third-order valence-electron chi connectivity index (χ3n) is 3.93. The maximum Gasteiger partial charge on any atom is 0.223 e. The molecule has 0 atom stereocenters. The molecule has 1 amide bonds. The summed E-state index contributed by atoms with van der Waals surface area (Å²) >= 11 is 6.03. The molecule has 5 nitrogen and oxygen atoms in total. The van der Waals surface area contributed by atoms with E-state index in [1.807, 2.05) is 28.6 Å². The number of imidazole rings is 1. The van der Waals surface area contributed by atoms with E-state index in [1.165, 1.54) is 0 Å². The number of pyridine rings is 1. The Labute approximate surface area is 128 Å². The van der Waals surface area contributed by atoms with Gasteiger partial charge in [-0.05, 0) is 35.7 Å². The number of aryl methyl sites for hydroxylation is 1. The fraction of sp³-hybridized carbons (Fsp3) is 0.400. The van der Waals surface area contributed by atoms with Crippen LogP contribution in [0.4, 0.5) is 0 Å². The molecule has 0 spiro atoms. The second-order valence-electron chi connectivity index (χ2n) is 5.25. The van der Waals surface area contributed by atoms with Gasteiger partial charge in [-0.3, -0.25) is 9.78 Å². The van der Waals surface area contributed by atoms with Crippen molar-refractivity contribution in [1.29, 1.82) is 0 Å². The molecule has 6 heteroatoms. The van der Waals surface area contributed by atoms with Gasteiger partial charge in [0.25, 0.3) is 0 Å². The molecule has 0 saturated carbocycles. The first-order valence-corrected chi connectivity index (χ1v) is 7.39. The van der Waals surface area contributed by atoms with E-state index >= 15 is 0 Å². The van der Waals surface area contributed by atoms with Gasteiger partial charge < -0.3 is 9.47 Å². The van der Waals surface area contributed by atoms with Gasteiger partial charge in [0, 0.05) is 38.8 Å². The molecule has 0 aliphatic carbocycles. The summed E-state index contributed by atoms with van der Waals surface area (Å²) in [6.45, 7) is 1.32. The first-order chi connectivity index (χ1) is 10.1. The molecule has 0 unspecified atom stereocenters. The minimum Gasteiger partial charge on any atom is -0.336 e. The van der Waals surface area contributed by atoms with Gasteiger partial charge in [-0.1, -0.05) is 0 Å². The third-order valence-corrected chi connectivity index (χ3v) is 4.27. The van der Waals surface area contributed by atoms with E-state index in [0.717, 1.165) is 36.3 Å². The molecule has 110 valence electrons. The van der Waals surface area contributed by atoms with E-state index in [1.54, 1.807) is 12.4 Å². The topological polar surface area (TPSA) is 51.0 Å². The minimum atomic E-state index is 0.176. The zero-order chi connectivity index (χ0) is 14.8. The van der Waals surface area contributed by atoms with Crippen LogP contribution in [0.3, 0.4) is 0 Å². The number of rotatable bonds is 3. The summed E-state index contributed by atoms with van der Waals surface area (Å²) in [5.74, 6) is 0.176. The standard InChI is InChI=1S/C15H17ClN4O/c1-19-13-10-20(9-6-12(13)18-15(19)16)14(21)3-2-11-4-7-17-8-5-11/h4-5,7-8H,2-3,6,9-10H2,1H3. The number of nitrogens with zero attached hydrogens (tertiary/aromatic N) is 4. The van der Waals surface area contributed by atoms with Crippen LogP contribution in [0.1, 0.15) is 23.4 Å². The molecule has 21 heavy (non-hydrogen) atoms. The molecule has 0 N–H and O–H groups in total. The summed E-state index contributed by atoms with van der Waals surface area (Å²) in [7, 11) is 1.89. The Morgan fingerprint density at radius 3 is 2.90 bits per heavy atom. The number of carbonyl (C=O) groups excluding carboxylic acids is 1. The number of amides is 1. The van der Waals surface area contributed by atoms with Crippen LogP contribution >= 0.6 is 11.6 Å². The van der Waals surface area contributed by atoms with Gasteiger partial charge in [-0.15, -0.1) is 0 Å². The highest BCUT2D eigenvalue weighted by atomic mass is 35.5. The lowest BCUT2D eigenvalue weighted by Crippen LogP contribution is -2.36. The Bertz CT molecular complexity index is 653. The molecule has 0 saturated heterocycles. The predicted molar refractivity (Wildman–Crippen MR) is 79.9 cm³/mol. The monoisotopic (exact) mass is 304 g/mol. The second-order valence-corrected chi connectivity index (χ2v) is 5.59. The Hall–Kier alpha value is -1.88. The summed E-state index contributed by atoms with van der Waals surface area (Å²) in [5, 5.41) is 0.492. The Balaban J connectivity index is 1.63. The van der Waals surface area contributed by atoms with Crippen molar-refractivity contribution in [2.45, 2.75) is 25.8 Å². The van der Waals surface area contributed by atoms with E-state index in [9.17, 15) is 4.79 Å². The van der Waals surface area contributed by atoms with Crippen LogP contribution in [0.5, 0.6) is 0 Å². The van der Waals surface area contributed by atoms with E-state index in [-0.39, 0.29) is 5.91 Å². The maximum absolute atomic E-state index is 12.3. The Morgan fingerprint density at radius 2 is 2.14 bits per heavy atom. The average Bonchev–Trinajstić information content (AvgIpc) is 2.80. The zero-order valence-corrected chi connectivity index (χ0v) is 12.7. The number of hydrogen-bond donors (Lipinski definition) is 0. The van der Waals surface area contributed by atoms with Crippen molar-refractivity contribution in [3.05, 3.63) is 46.8 Å². The fourth-order valence-electron chi connectivity index (χ4n) is 2.63. The van der Waals surface area contributed by atoms with Crippen molar-refractivity contribution < 1.29 is 4.79 Å². The van der Waals surface area contributed by atoms with Crippen molar-refractivity contribution in [1.82, 2.24) is 19.4 Å². The molecule has 0 aromatic carbocycles. The largest absolute Gasteiger partial charge is 0.336 e. The average molecular weight is 305 g/mol. The van der Waals surface area contributed by atoms with Crippen LogP contribution < -0.4 is 0 Å². The molecule has 0 radical (unpaired) electrons. The molecule has 3 heterocycles. The molecule has 1 aliphatic heterocycles. The van der Waals surface area contributed by atoms with E-state index in [4.69, 9.17) is 11.6 Å². The molecule has 0 fully saturated rings. The van der Waals surface area contributed by atoms with Crippen molar-refractivity contribution in [3.63, 3.8) is 0 Å². The summed E-state index contributed by atoms with van der Waals surface area (Å²) in [4.78, 5) is 22.5. The van der Waals surface area contributed by atoms with Crippen LogP contribution in [0.15, 0.2) is 24.5 Å². The smallest absolute Gasteiger partial charge is 0.223 e. The van der Waals surface area contributed by atoms with E-state index < -0.39 is 0 Å². The van der Waals surface area contributed by atoms with E-state index in [2.05, 4.69) is 9.97 Å². The van der Waals surface area contributed by atoms with Crippen LogP contribution in [0.2, 0.25) is 5.28 Å². The van der Waals surface area contributed by atoms with E-state index in [0.29, 0.717) is 18.2 Å². The molecule has 2 aromatic rings. The lowest BCUT2D eigenvalue weighted by atomic mass is 10.1. The number of halogens is 1. The fourth-order valence-corrected chi connectivity index (χ4v) is 2.83. The molecule has 3 rings (SSSR count). The summed E-state index contributed by atoms with van der Waals surface area (Å²) in [6.07, 6.45) is 5.55. The van der Waals surface area contributed by atoms with Crippen LogP contribution in [0, 0.1) is 0 Å². The SMILES string of the molecule is Cn1c(Cl)nc2c1CN(C(=O)CCc1ccncc1)CC2. The highest BCUT2D eigenvalue weighted by Gasteiger charge is 2.24. The number of aromatic nitrogens is 3. The van der Waals surface area contributed by atoms with Crippen molar-refractivity contribution >= 4 is 17.5 Å². The predicted octanol–water partition coefficient (Wildman–Crippen LogP) is 1.99. The van der Waals surface area contributed by atoms with Gasteiger partial charge in [0.05, 0.1) is 17.9 Å². The molecule has 1 aliphatic rings. The maximum atomic E-state index is 12.3. The number of fused-ring (bicyclic) bond motifs is 1. The second kappa shape index (κ2) is 5.85. The van der Waals surface area contributed by atoms with Crippen molar-refractivity contribution in [3.8, 4) is 0 Å². The van der Waals surface area contributed by atoms with Crippen molar-refractivity contribution in [2.75, 3.05) is 6.54 Å². The third kappa shape index (κ3) is 2.93. The van der Waals surface area contributed by atoms with Gasteiger partial charge >= 0.3 is 0 Å². The quantitative estimate of drug-likeness (QED) is 0.871. The van der Waals surface area contributed by atoms with Crippen LogP contribution in [-0.4, -0.2) is 31.9 Å². The van der Waals surface area contributed by atoms with Gasteiger partial charge in [0.1, 0.15) is 0 Å². The van der Waals surface area contributed by atoms with Gasteiger partial charge in [-0.2, -0.15) is 0 Å². The van der Waals surface area contributed by atoms with Crippen LogP contribution in [0.25, 0.3) is 0 Å². The highest BCUT2D eigenvalue weighted by Crippen LogP contribution is 2.22. The Morgan fingerprint density at radius 1 is 1.38 bits per heavy atom. The van der Waals surface area contributed by atoms with Crippen LogP contribution in [-0.2, 0) is 31.2 Å². The molecule has 0 bridgehead atoms. The zero-order valence-electron chi connectivity index (χ0n) is 11.9. The van der Waals surface area contributed by atoms with Crippen molar-refractivity contribution in [2.24, 2.45) is 7.05 Å².